The second kappa shape index (κ2) is 6.51. The van der Waals surface area contributed by atoms with Crippen LogP contribution in [0, 0.1) is 37.5 Å². The highest BCUT2D eigenvalue weighted by Crippen LogP contribution is 2.58. The van der Waals surface area contributed by atoms with E-state index in [9.17, 15) is 20.2 Å². The van der Waals surface area contributed by atoms with Crippen molar-refractivity contribution in [1.82, 2.24) is 0 Å². The second-order valence-corrected chi connectivity index (χ2v) is 7.61. The Balaban J connectivity index is 1.83. The summed E-state index contributed by atoms with van der Waals surface area (Å²) in [6.45, 7) is 6.38. The van der Waals surface area contributed by atoms with Crippen molar-refractivity contribution in [2.45, 2.75) is 40.0 Å². The van der Waals surface area contributed by atoms with Crippen molar-refractivity contribution in [3.8, 4) is 0 Å². The Hall–Kier alpha value is -2.77. The molecule has 3 rings (SSSR count). The standard InChI is InChI=1S/C18H22N4O4/c1-11(8-15-12-4-5-13(9-12)18(15,2)3)19-20-16-7-6-14(21(23)24)10-17(16)22(25)26/h6-8,10,12-13,20H,4-5,9H2,1-3H3/b15-8?,19-11+/t12-,13+/m0/s1. The maximum atomic E-state index is 11.2. The molecule has 0 spiro atoms. The first kappa shape index (κ1) is 18.0. The summed E-state index contributed by atoms with van der Waals surface area (Å²) in [5.41, 5.74) is 4.41. The number of allylic oxidation sites excluding steroid dienone is 2. The summed E-state index contributed by atoms with van der Waals surface area (Å²) >= 11 is 0. The van der Waals surface area contributed by atoms with Crippen molar-refractivity contribution in [2.75, 3.05) is 5.43 Å². The number of hydrogen-bond donors (Lipinski definition) is 1. The summed E-state index contributed by atoms with van der Waals surface area (Å²) < 4.78 is 0. The Bertz CT molecular complexity index is 828. The third-order valence-electron chi connectivity index (χ3n) is 5.74. The van der Waals surface area contributed by atoms with Crippen molar-refractivity contribution in [2.24, 2.45) is 22.4 Å². The number of hydrazone groups is 1. The van der Waals surface area contributed by atoms with E-state index >= 15 is 0 Å². The Labute approximate surface area is 151 Å². The number of anilines is 1. The van der Waals surface area contributed by atoms with Crippen LogP contribution in [-0.2, 0) is 0 Å². The summed E-state index contributed by atoms with van der Waals surface area (Å²) in [5.74, 6) is 1.32. The maximum absolute atomic E-state index is 11.2. The minimum Gasteiger partial charge on any atom is -0.271 e. The van der Waals surface area contributed by atoms with E-state index in [2.05, 4.69) is 30.5 Å². The van der Waals surface area contributed by atoms with E-state index in [1.165, 1.54) is 37.0 Å². The summed E-state index contributed by atoms with van der Waals surface area (Å²) in [4.78, 5) is 20.7. The van der Waals surface area contributed by atoms with Crippen molar-refractivity contribution >= 4 is 22.8 Å². The highest BCUT2D eigenvalue weighted by Gasteiger charge is 2.48. The molecule has 2 atom stereocenters. The summed E-state index contributed by atoms with van der Waals surface area (Å²) in [7, 11) is 0. The molecule has 1 aromatic carbocycles. The molecule has 2 saturated carbocycles. The van der Waals surface area contributed by atoms with Gasteiger partial charge in [0, 0.05) is 6.07 Å². The molecule has 2 bridgehead atoms. The molecule has 8 nitrogen and oxygen atoms in total. The van der Waals surface area contributed by atoms with Crippen LogP contribution in [0.1, 0.15) is 40.0 Å². The molecule has 0 unspecified atom stereocenters. The number of nitro benzene ring substituents is 2. The lowest BCUT2D eigenvalue weighted by molar-refractivity contribution is -0.393. The highest BCUT2D eigenvalue weighted by molar-refractivity contribution is 5.94. The third-order valence-corrected chi connectivity index (χ3v) is 5.74. The summed E-state index contributed by atoms with van der Waals surface area (Å²) in [6, 6.07) is 3.46. The van der Waals surface area contributed by atoms with Gasteiger partial charge in [-0.05, 0) is 55.6 Å². The average molecular weight is 358 g/mol. The topological polar surface area (TPSA) is 111 Å². The van der Waals surface area contributed by atoms with Gasteiger partial charge in [-0.1, -0.05) is 19.4 Å². The molecule has 0 heterocycles. The zero-order chi connectivity index (χ0) is 19.1. The van der Waals surface area contributed by atoms with E-state index in [1.807, 2.05) is 6.92 Å². The van der Waals surface area contributed by atoms with Crippen LogP contribution in [-0.4, -0.2) is 15.6 Å². The SMILES string of the molecule is C/C(C=C1[C@H]2CC[C@H](C2)C1(C)C)=N\Nc1ccc([N+](=O)[O-])cc1[N+](=O)[O-]. The van der Waals surface area contributed by atoms with Crippen LogP contribution in [0.5, 0.6) is 0 Å². The van der Waals surface area contributed by atoms with Crippen LogP contribution >= 0.6 is 0 Å². The average Bonchev–Trinajstić information content (AvgIpc) is 3.14. The molecular weight excluding hydrogens is 336 g/mol. The molecule has 0 aromatic heterocycles. The zero-order valence-corrected chi connectivity index (χ0v) is 15.1. The first-order valence-electron chi connectivity index (χ1n) is 8.65. The molecule has 0 amide bonds. The monoisotopic (exact) mass is 358 g/mol. The fraction of sp³-hybridized carbons (Fsp3) is 0.500. The molecule has 138 valence electrons. The molecule has 0 radical (unpaired) electrons. The van der Waals surface area contributed by atoms with Gasteiger partial charge < -0.3 is 0 Å². The fourth-order valence-electron chi connectivity index (χ4n) is 4.27. The number of rotatable bonds is 5. The molecule has 2 aliphatic carbocycles. The van der Waals surface area contributed by atoms with Crippen molar-refractivity contribution in [3.05, 3.63) is 50.1 Å². The molecule has 2 fully saturated rings. The quantitative estimate of drug-likeness (QED) is 0.467. The van der Waals surface area contributed by atoms with Crippen LogP contribution in [0.3, 0.4) is 0 Å². The largest absolute Gasteiger partial charge is 0.301 e. The molecule has 1 N–H and O–H groups in total. The smallest absolute Gasteiger partial charge is 0.271 e. The number of nitrogens with one attached hydrogen (secondary N) is 1. The van der Waals surface area contributed by atoms with Crippen LogP contribution in [0.2, 0.25) is 0 Å². The molecule has 2 aliphatic rings. The van der Waals surface area contributed by atoms with Gasteiger partial charge in [0.05, 0.1) is 21.6 Å². The lowest BCUT2D eigenvalue weighted by atomic mass is 9.72. The van der Waals surface area contributed by atoms with E-state index in [-0.39, 0.29) is 22.5 Å². The number of fused-ring (bicyclic) bond motifs is 2. The Morgan fingerprint density at radius 1 is 1.27 bits per heavy atom. The maximum Gasteiger partial charge on any atom is 0.301 e. The molecule has 1 aromatic rings. The normalized spacial score (nSPS) is 25.5. The van der Waals surface area contributed by atoms with Crippen LogP contribution in [0.15, 0.2) is 34.9 Å². The van der Waals surface area contributed by atoms with Gasteiger partial charge in [-0.15, -0.1) is 0 Å². The minimum atomic E-state index is -0.660. The number of benzene rings is 1. The van der Waals surface area contributed by atoms with Gasteiger partial charge >= 0.3 is 5.69 Å². The van der Waals surface area contributed by atoms with Gasteiger partial charge in [-0.3, -0.25) is 25.7 Å². The first-order valence-corrected chi connectivity index (χ1v) is 8.65. The second-order valence-electron chi connectivity index (χ2n) is 7.61. The predicted molar refractivity (Wildman–Crippen MR) is 99.2 cm³/mol. The highest BCUT2D eigenvalue weighted by atomic mass is 16.6. The van der Waals surface area contributed by atoms with Crippen molar-refractivity contribution in [3.63, 3.8) is 0 Å². The van der Waals surface area contributed by atoms with E-state index in [1.54, 1.807) is 0 Å². The first-order chi connectivity index (χ1) is 12.2. The van der Waals surface area contributed by atoms with Gasteiger partial charge in [0.2, 0.25) is 0 Å². The number of hydrogen-bond acceptors (Lipinski definition) is 6. The van der Waals surface area contributed by atoms with Crippen LogP contribution in [0.25, 0.3) is 0 Å². The Morgan fingerprint density at radius 2 is 2.00 bits per heavy atom. The summed E-state index contributed by atoms with van der Waals surface area (Å²) in [6.07, 6.45) is 5.80. The van der Waals surface area contributed by atoms with E-state index in [0.717, 1.165) is 17.7 Å². The number of non-ortho nitro benzene ring substituents is 1. The molecule has 8 heteroatoms. The summed E-state index contributed by atoms with van der Waals surface area (Å²) in [5, 5.41) is 26.2. The van der Waals surface area contributed by atoms with Crippen LogP contribution < -0.4 is 5.43 Å². The fourth-order valence-corrected chi connectivity index (χ4v) is 4.27. The van der Waals surface area contributed by atoms with E-state index < -0.39 is 9.85 Å². The van der Waals surface area contributed by atoms with Gasteiger partial charge in [0.15, 0.2) is 0 Å². The minimum absolute atomic E-state index is 0.130. The lowest BCUT2D eigenvalue weighted by Gasteiger charge is -2.32. The van der Waals surface area contributed by atoms with Crippen molar-refractivity contribution < 1.29 is 9.85 Å². The molecule has 0 saturated heterocycles. The number of nitro groups is 2. The van der Waals surface area contributed by atoms with E-state index in [4.69, 9.17) is 0 Å². The molecular formula is C18H22N4O4. The third kappa shape index (κ3) is 3.18. The zero-order valence-electron chi connectivity index (χ0n) is 15.1. The van der Waals surface area contributed by atoms with Crippen LogP contribution in [0.4, 0.5) is 17.1 Å². The Morgan fingerprint density at radius 3 is 2.58 bits per heavy atom. The number of nitrogens with zero attached hydrogens (tertiary/aromatic N) is 3. The molecule has 26 heavy (non-hydrogen) atoms. The van der Waals surface area contributed by atoms with Gasteiger partial charge in [-0.25, -0.2) is 0 Å². The Kier molecular flexibility index (Phi) is 4.52. The van der Waals surface area contributed by atoms with E-state index in [0.29, 0.717) is 5.92 Å². The van der Waals surface area contributed by atoms with Crippen molar-refractivity contribution in [1.29, 1.82) is 0 Å². The van der Waals surface area contributed by atoms with Gasteiger partial charge in [0.25, 0.3) is 5.69 Å². The predicted octanol–water partition coefficient (Wildman–Crippen LogP) is 4.67. The molecule has 0 aliphatic heterocycles. The van der Waals surface area contributed by atoms with Gasteiger partial charge in [-0.2, -0.15) is 5.10 Å². The lowest BCUT2D eigenvalue weighted by Crippen LogP contribution is -2.23. The van der Waals surface area contributed by atoms with Gasteiger partial charge in [0.1, 0.15) is 5.69 Å².